The molecule has 1 heterocycles. The van der Waals surface area contributed by atoms with E-state index in [1.54, 1.807) is 0 Å². The van der Waals surface area contributed by atoms with Crippen LogP contribution >= 0.6 is 0 Å². The third-order valence-electron chi connectivity index (χ3n) is 4.27. The monoisotopic (exact) mass is 300 g/mol. The number of nitrogens with one attached hydrogen (secondary N) is 1. The van der Waals surface area contributed by atoms with Gasteiger partial charge in [0.1, 0.15) is 0 Å². The van der Waals surface area contributed by atoms with E-state index in [1.165, 1.54) is 14.2 Å². The molecule has 2 aliphatic rings. The average molecular weight is 300 g/mol. The topological polar surface area (TPSA) is 67.9 Å². The standard InChI is InChI=1S/C13H24N2O2.C2H4O2/c1-12(2,3)15-8-7-14-10(9-15)13(5-6-13)11(16)17-4;1-4-2-3/h10,14H,5-9H2,1-4H3;2H,1H3. The fraction of sp³-hybridized carbons (Fsp3) is 0.867. The molecule has 0 radical (unpaired) electrons. The molecule has 2 fully saturated rings. The van der Waals surface area contributed by atoms with Crippen molar-refractivity contribution in [2.24, 2.45) is 5.41 Å². The fourth-order valence-electron chi connectivity index (χ4n) is 2.76. The summed E-state index contributed by atoms with van der Waals surface area (Å²) in [6, 6.07) is 0.253. The summed E-state index contributed by atoms with van der Waals surface area (Å²) in [6.07, 6.45) is 1.94. The first-order valence-corrected chi connectivity index (χ1v) is 7.35. The molecule has 6 heteroatoms. The van der Waals surface area contributed by atoms with Crippen LogP contribution in [0.1, 0.15) is 33.6 Å². The third-order valence-corrected chi connectivity index (χ3v) is 4.27. The quantitative estimate of drug-likeness (QED) is 0.614. The highest BCUT2D eigenvalue weighted by atomic mass is 16.5. The maximum atomic E-state index is 11.9. The van der Waals surface area contributed by atoms with Gasteiger partial charge in [0.2, 0.25) is 0 Å². The van der Waals surface area contributed by atoms with Crippen LogP contribution in [-0.4, -0.2) is 62.8 Å². The van der Waals surface area contributed by atoms with Crippen molar-refractivity contribution in [3.63, 3.8) is 0 Å². The van der Waals surface area contributed by atoms with E-state index in [2.05, 4.69) is 35.7 Å². The summed E-state index contributed by atoms with van der Waals surface area (Å²) in [5.41, 5.74) is -0.0643. The van der Waals surface area contributed by atoms with E-state index in [-0.39, 0.29) is 23.0 Å². The van der Waals surface area contributed by atoms with E-state index in [1.807, 2.05) is 0 Å². The zero-order valence-corrected chi connectivity index (χ0v) is 13.8. The fourth-order valence-corrected chi connectivity index (χ4v) is 2.76. The largest absolute Gasteiger partial charge is 0.471 e. The van der Waals surface area contributed by atoms with Crippen LogP contribution in [0.5, 0.6) is 0 Å². The lowest BCUT2D eigenvalue weighted by molar-refractivity contribution is -0.149. The van der Waals surface area contributed by atoms with Crippen molar-refractivity contribution in [3.05, 3.63) is 0 Å². The molecule has 0 aromatic carbocycles. The van der Waals surface area contributed by atoms with E-state index in [4.69, 9.17) is 9.53 Å². The van der Waals surface area contributed by atoms with E-state index >= 15 is 0 Å². The summed E-state index contributed by atoms with van der Waals surface area (Å²) in [7, 11) is 2.81. The molecule has 1 atom stereocenters. The minimum atomic E-state index is -0.237. The second-order valence-corrected chi connectivity index (χ2v) is 6.60. The predicted molar refractivity (Wildman–Crippen MR) is 79.9 cm³/mol. The molecule has 2 rings (SSSR count). The Labute approximate surface area is 127 Å². The number of carbonyl (C=O) groups is 2. The van der Waals surface area contributed by atoms with E-state index in [9.17, 15) is 4.79 Å². The Morgan fingerprint density at radius 1 is 1.33 bits per heavy atom. The number of hydrogen-bond acceptors (Lipinski definition) is 6. The number of piperazine rings is 1. The highest BCUT2D eigenvalue weighted by Gasteiger charge is 2.57. The molecule has 0 amide bonds. The Bertz CT molecular complexity index is 361. The van der Waals surface area contributed by atoms with Gasteiger partial charge in [-0.2, -0.15) is 0 Å². The smallest absolute Gasteiger partial charge is 0.313 e. The highest BCUT2D eigenvalue weighted by molar-refractivity contribution is 5.80. The van der Waals surface area contributed by atoms with Gasteiger partial charge in [0.25, 0.3) is 6.47 Å². The number of hydrogen-bond donors (Lipinski definition) is 1. The summed E-state index contributed by atoms with van der Waals surface area (Å²) in [4.78, 5) is 23.3. The van der Waals surface area contributed by atoms with Crippen molar-refractivity contribution in [1.82, 2.24) is 10.2 Å². The van der Waals surface area contributed by atoms with Gasteiger partial charge in [0.05, 0.1) is 19.6 Å². The molecular weight excluding hydrogens is 272 g/mol. The molecule has 1 aliphatic heterocycles. The molecular formula is C15H28N2O4. The van der Waals surface area contributed by atoms with Crippen LogP contribution in [0.25, 0.3) is 0 Å². The SMILES string of the molecule is COC(=O)C1(C2CN(C(C)(C)C)CCN2)CC1.COC=O. The Balaban J connectivity index is 0.000000491. The number of rotatable bonds is 3. The Hall–Kier alpha value is -1.14. The molecule has 21 heavy (non-hydrogen) atoms. The first-order valence-electron chi connectivity index (χ1n) is 7.35. The summed E-state index contributed by atoms with van der Waals surface area (Å²) in [6.45, 7) is 10.0. The average Bonchev–Trinajstić information content (AvgIpc) is 3.27. The van der Waals surface area contributed by atoms with Crippen molar-refractivity contribution in [1.29, 1.82) is 0 Å². The molecule has 0 aromatic rings. The molecule has 1 aliphatic carbocycles. The number of methoxy groups -OCH3 is 2. The predicted octanol–water partition coefficient (Wildman–Crippen LogP) is 0.801. The minimum absolute atomic E-state index is 0.0363. The zero-order chi connectivity index (χ0) is 16.1. The molecule has 1 saturated carbocycles. The van der Waals surface area contributed by atoms with Crippen LogP contribution in [-0.2, 0) is 19.1 Å². The van der Waals surface area contributed by atoms with Crippen LogP contribution in [0.15, 0.2) is 0 Å². The van der Waals surface area contributed by atoms with Gasteiger partial charge < -0.3 is 14.8 Å². The third kappa shape index (κ3) is 4.41. The molecule has 0 bridgehead atoms. The van der Waals surface area contributed by atoms with Gasteiger partial charge in [-0.15, -0.1) is 0 Å². The van der Waals surface area contributed by atoms with Crippen LogP contribution in [0, 0.1) is 5.41 Å². The minimum Gasteiger partial charge on any atom is -0.471 e. The lowest BCUT2D eigenvalue weighted by Gasteiger charge is -2.44. The molecule has 1 N–H and O–H groups in total. The molecule has 1 saturated heterocycles. The van der Waals surface area contributed by atoms with Gasteiger partial charge in [-0.3, -0.25) is 14.5 Å². The first kappa shape index (κ1) is 17.9. The number of carbonyl (C=O) groups excluding carboxylic acids is 2. The van der Waals surface area contributed by atoms with E-state index in [0.717, 1.165) is 32.5 Å². The summed E-state index contributed by atoms with van der Waals surface area (Å²) < 4.78 is 8.82. The summed E-state index contributed by atoms with van der Waals surface area (Å²) in [5, 5.41) is 3.50. The van der Waals surface area contributed by atoms with Crippen molar-refractivity contribution in [2.45, 2.75) is 45.2 Å². The Morgan fingerprint density at radius 2 is 1.90 bits per heavy atom. The second-order valence-electron chi connectivity index (χ2n) is 6.60. The normalized spacial score (nSPS) is 24.3. The van der Waals surface area contributed by atoms with Gasteiger partial charge in [-0.1, -0.05) is 0 Å². The first-order chi connectivity index (χ1) is 9.81. The lowest BCUT2D eigenvalue weighted by atomic mass is 9.92. The Kier molecular flexibility index (Phi) is 6.16. The maximum absolute atomic E-state index is 11.9. The second kappa shape index (κ2) is 7.22. The number of ether oxygens (including phenoxy) is 2. The molecule has 122 valence electrons. The van der Waals surface area contributed by atoms with Crippen molar-refractivity contribution in [3.8, 4) is 0 Å². The lowest BCUT2D eigenvalue weighted by Crippen LogP contribution is -2.60. The molecule has 6 nitrogen and oxygen atoms in total. The van der Waals surface area contributed by atoms with E-state index < -0.39 is 0 Å². The molecule has 0 spiro atoms. The highest BCUT2D eigenvalue weighted by Crippen LogP contribution is 2.50. The number of nitrogens with zero attached hydrogens (tertiary/aromatic N) is 1. The van der Waals surface area contributed by atoms with Crippen molar-refractivity contribution < 1.29 is 19.1 Å². The van der Waals surface area contributed by atoms with Gasteiger partial charge in [0, 0.05) is 31.2 Å². The van der Waals surface area contributed by atoms with Crippen LogP contribution < -0.4 is 5.32 Å². The van der Waals surface area contributed by atoms with Gasteiger partial charge >= 0.3 is 5.97 Å². The van der Waals surface area contributed by atoms with E-state index in [0.29, 0.717) is 6.47 Å². The summed E-state index contributed by atoms with van der Waals surface area (Å²) in [5.74, 6) is -0.0363. The maximum Gasteiger partial charge on any atom is 0.313 e. The van der Waals surface area contributed by atoms with Gasteiger partial charge in [-0.05, 0) is 33.6 Å². The summed E-state index contributed by atoms with van der Waals surface area (Å²) >= 11 is 0. The van der Waals surface area contributed by atoms with Crippen LogP contribution in [0.4, 0.5) is 0 Å². The van der Waals surface area contributed by atoms with Crippen LogP contribution in [0.3, 0.4) is 0 Å². The van der Waals surface area contributed by atoms with Crippen molar-refractivity contribution in [2.75, 3.05) is 33.9 Å². The van der Waals surface area contributed by atoms with Gasteiger partial charge in [-0.25, -0.2) is 0 Å². The van der Waals surface area contributed by atoms with Gasteiger partial charge in [0.15, 0.2) is 0 Å². The zero-order valence-electron chi connectivity index (χ0n) is 13.8. The molecule has 0 aromatic heterocycles. The van der Waals surface area contributed by atoms with Crippen LogP contribution in [0.2, 0.25) is 0 Å². The van der Waals surface area contributed by atoms with Crippen molar-refractivity contribution >= 4 is 12.4 Å². The Morgan fingerprint density at radius 3 is 2.29 bits per heavy atom. The number of esters is 1. The molecule has 1 unspecified atom stereocenters.